The van der Waals surface area contributed by atoms with E-state index in [4.69, 9.17) is 15.2 Å². The molecular weight excluding hydrogens is 213 g/mol. The fraction of sp³-hybridized carbons (Fsp3) is 0.364. The van der Waals surface area contributed by atoms with Crippen LogP contribution >= 0.6 is 0 Å². The Bertz CT molecular complexity index is 404. The Kier molecular flexibility index (Phi) is 3.84. The topological polar surface area (TPSA) is 61.5 Å². The summed E-state index contributed by atoms with van der Waals surface area (Å²) in [5.41, 5.74) is 5.70. The largest absolute Gasteiger partial charge is 0.496 e. The lowest BCUT2D eigenvalue weighted by Gasteiger charge is -2.12. The van der Waals surface area contributed by atoms with Crippen molar-refractivity contribution in [2.24, 2.45) is 5.73 Å². The van der Waals surface area contributed by atoms with Gasteiger partial charge in [0.15, 0.2) is 17.3 Å². The number of ketones is 1. The average molecular weight is 227 g/mol. The minimum Gasteiger partial charge on any atom is -0.496 e. The SMILES string of the molecule is COc1cc(C(=O)C(C)N)c(OC)cc1F. The smallest absolute Gasteiger partial charge is 0.183 e. The Labute approximate surface area is 93.2 Å². The van der Waals surface area contributed by atoms with E-state index < -0.39 is 11.9 Å². The van der Waals surface area contributed by atoms with Crippen LogP contribution in [0.5, 0.6) is 11.5 Å². The second-order valence-electron chi connectivity index (χ2n) is 3.34. The number of benzene rings is 1. The molecule has 0 bridgehead atoms. The second-order valence-corrected chi connectivity index (χ2v) is 3.34. The number of carbonyl (C=O) groups excluding carboxylic acids is 1. The fourth-order valence-corrected chi connectivity index (χ4v) is 1.30. The summed E-state index contributed by atoms with van der Waals surface area (Å²) < 4.78 is 23.1. The van der Waals surface area contributed by atoms with Crippen molar-refractivity contribution in [2.45, 2.75) is 13.0 Å². The van der Waals surface area contributed by atoms with Gasteiger partial charge < -0.3 is 15.2 Å². The van der Waals surface area contributed by atoms with Gasteiger partial charge in [-0.3, -0.25) is 4.79 Å². The third-order valence-corrected chi connectivity index (χ3v) is 2.15. The van der Waals surface area contributed by atoms with Crippen molar-refractivity contribution in [1.29, 1.82) is 0 Å². The monoisotopic (exact) mass is 227 g/mol. The lowest BCUT2D eigenvalue weighted by Crippen LogP contribution is -2.27. The van der Waals surface area contributed by atoms with Crippen molar-refractivity contribution in [2.75, 3.05) is 14.2 Å². The van der Waals surface area contributed by atoms with Crippen LogP contribution in [0.1, 0.15) is 17.3 Å². The van der Waals surface area contributed by atoms with E-state index in [1.54, 1.807) is 6.92 Å². The molecule has 0 radical (unpaired) electrons. The molecule has 1 rings (SSSR count). The zero-order valence-electron chi connectivity index (χ0n) is 9.41. The van der Waals surface area contributed by atoms with Gasteiger partial charge in [0.25, 0.3) is 0 Å². The Morgan fingerprint density at radius 3 is 2.31 bits per heavy atom. The van der Waals surface area contributed by atoms with E-state index in [1.165, 1.54) is 20.3 Å². The second kappa shape index (κ2) is 4.94. The molecule has 0 heterocycles. The molecule has 1 atom stereocenters. The lowest BCUT2D eigenvalue weighted by atomic mass is 10.0. The molecule has 0 saturated heterocycles. The number of methoxy groups -OCH3 is 2. The minimum atomic E-state index is -0.677. The van der Waals surface area contributed by atoms with Crippen molar-refractivity contribution in [3.8, 4) is 11.5 Å². The quantitative estimate of drug-likeness (QED) is 0.789. The normalized spacial score (nSPS) is 12.1. The van der Waals surface area contributed by atoms with Gasteiger partial charge in [0.2, 0.25) is 0 Å². The van der Waals surface area contributed by atoms with E-state index in [1.807, 2.05) is 0 Å². The first-order chi connectivity index (χ1) is 7.51. The van der Waals surface area contributed by atoms with Crippen LogP contribution in [0.15, 0.2) is 12.1 Å². The summed E-state index contributed by atoms with van der Waals surface area (Å²) in [6.07, 6.45) is 0. The summed E-state index contributed by atoms with van der Waals surface area (Å²) >= 11 is 0. The molecule has 1 aromatic carbocycles. The molecule has 0 saturated carbocycles. The van der Waals surface area contributed by atoms with Crippen LogP contribution in [-0.2, 0) is 0 Å². The maximum absolute atomic E-state index is 13.3. The van der Waals surface area contributed by atoms with Gasteiger partial charge in [0.1, 0.15) is 5.75 Å². The van der Waals surface area contributed by atoms with E-state index >= 15 is 0 Å². The standard InChI is InChI=1S/C11H14FNO3/c1-6(13)11(14)7-4-10(16-3)8(12)5-9(7)15-2/h4-6H,13H2,1-3H3. The molecule has 4 nitrogen and oxygen atoms in total. The average Bonchev–Trinajstić information content (AvgIpc) is 2.27. The molecule has 16 heavy (non-hydrogen) atoms. The predicted octanol–water partition coefficient (Wildman–Crippen LogP) is 1.37. The van der Waals surface area contributed by atoms with Crippen molar-refractivity contribution in [3.63, 3.8) is 0 Å². The number of nitrogens with two attached hydrogens (primary N) is 1. The van der Waals surface area contributed by atoms with Gasteiger partial charge in [-0.2, -0.15) is 0 Å². The molecule has 1 unspecified atom stereocenters. The molecule has 0 fully saturated rings. The molecule has 0 spiro atoms. The first-order valence-corrected chi connectivity index (χ1v) is 4.72. The molecule has 0 aromatic heterocycles. The van der Waals surface area contributed by atoms with Crippen molar-refractivity contribution in [1.82, 2.24) is 0 Å². The van der Waals surface area contributed by atoms with Crippen molar-refractivity contribution >= 4 is 5.78 Å². The van der Waals surface area contributed by atoms with E-state index in [2.05, 4.69) is 0 Å². The van der Waals surface area contributed by atoms with Gasteiger partial charge in [-0.1, -0.05) is 0 Å². The van der Waals surface area contributed by atoms with Crippen LogP contribution in [0.2, 0.25) is 0 Å². The molecule has 0 aliphatic heterocycles. The van der Waals surface area contributed by atoms with Crippen LogP contribution in [0.4, 0.5) is 4.39 Å². The zero-order chi connectivity index (χ0) is 12.3. The first-order valence-electron chi connectivity index (χ1n) is 4.72. The van der Waals surface area contributed by atoms with Gasteiger partial charge in [-0.15, -0.1) is 0 Å². The van der Waals surface area contributed by atoms with Gasteiger partial charge in [-0.05, 0) is 13.0 Å². The van der Waals surface area contributed by atoms with Crippen molar-refractivity contribution in [3.05, 3.63) is 23.5 Å². The number of hydrogen-bond donors (Lipinski definition) is 1. The highest BCUT2D eigenvalue weighted by molar-refractivity contribution is 6.02. The molecular formula is C11H14FNO3. The summed E-state index contributed by atoms with van der Waals surface area (Å²) in [4.78, 5) is 11.7. The van der Waals surface area contributed by atoms with Crippen LogP contribution < -0.4 is 15.2 Å². The third kappa shape index (κ3) is 2.30. The summed E-state index contributed by atoms with van der Waals surface area (Å²) in [6.45, 7) is 1.55. The Morgan fingerprint density at radius 1 is 1.31 bits per heavy atom. The fourth-order valence-electron chi connectivity index (χ4n) is 1.30. The van der Waals surface area contributed by atoms with Gasteiger partial charge in [0, 0.05) is 6.07 Å². The van der Waals surface area contributed by atoms with Crippen LogP contribution in [0, 0.1) is 5.82 Å². The van der Waals surface area contributed by atoms with Gasteiger partial charge in [-0.25, -0.2) is 4.39 Å². The zero-order valence-corrected chi connectivity index (χ0v) is 9.41. The predicted molar refractivity (Wildman–Crippen MR) is 57.5 cm³/mol. The number of halogens is 1. The summed E-state index contributed by atoms with van der Waals surface area (Å²) in [6, 6.07) is 1.72. The highest BCUT2D eigenvalue weighted by Gasteiger charge is 2.19. The van der Waals surface area contributed by atoms with Gasteiger partial charge in [0.05, 0.1) is 25.8 Å². The Hall–Kier alpha value is -1.62. The number of Topliss-reactive ketones (excluding diaryl/α,β-unsaturated/α-hetero) is 1. The molecule has 5 heteroatoms. The summed E-state index contributed by atoms with van der Waals surface area (Å²) in [7, 11) is 2.68. The summed E-state index contributed by atoms with van der Waals surface area (Å²) in [5.74, 6) is -0.763. The Morgan fingerprint density at radius 2 is 1.88 bits per heavy atom. The number of ether oxygens (including phenoxy) is 2. The van der Waals surface area contributed by atoms with Crippen LogP contribution in [0.25, 0.3) is 0 Å². The maximum atomic E-state index is 13.3. The first kappa shape index (κ1) is 12.4. The number of carbonyl (C=O) groups is 1. The van der Waals surface area contributed by atoms with E-state index in [-0.39, 0.29) is 22.8 Å². The Balaban J connectivity index is 3.30. The van der Waals surface area contributed by atoms with E-state index in [0.29, 0.717) is 0 Å². The molecule has 1 aromatic rings. The summed E-state index contributed by atoms with van der Waals surface area (Å²) in [5, 5.41) is 0. The molecule has 0 aliphatic rings. The van der Waals surface area contributed by atoms with Gasteiger partial charge >= 0.3 is 0 Å². The highest BCUT2D eigenvalue weighted by Crippen LogP contribution is 2.28. The number of hydrogen-bond acceptors (Lipinski definition) is 4. The van der Waals surface area contributed by atoms with Crippen molar-refractivity contribution < 1.29 is 18.7 Å². The van der Waals surface area contributed by atoms with E-state index in [9.17, 15) is 9.18 Å². The van der Waals surface area contributed by atoms with Crippen LogP contribution in [0.3, 0.4) is 0 Å². The van der Waals surface area contributed by atoms with Crippen LogP contribution in [-0.4, -0.2) is 26.0 Å². The molecule has 2 N–H and O–H groups in total. The minimum absolute atomic E-state index is 0.00944. The lowest BCUT2D eigenvalue weighted by molar-refractivity contribution is 0.0964. The van der Waals surface area contributed by atoms with E-state index in [0.717, 1.165) is 6.07 Å². The number of rotatable bonds is 4. The maximum Gasteiger partial charge on any atom is 0.183 e. The molecule has 0 aliphatic carbocycles. The molecule has 88 valence electrons. The molecule has 0 amide bonds. The third-order valence-electron chi connectivity index (χ3n) is 2.15. The highest BCUT2D eigenvalue weighted by atomic mass is 19.1.